The molecule has 1 aliphatic heterocycles. The molecule has 166 valence electrons. The van der Waals surface area contributed by atoms with Gasteiger partial charge in [-0.25, -0.2) is 0 Å². The van der Waals surface area contributed by atoms with E-state index in [1.807, 2.05) is 11.4 Å². The lowest BCUT2D eigenvalue weighted by molar-refractivity contribution is 0.124. The molecule has 0 amide bonds. The quantitative estimate of drug-likeness (QED) is 0.421. The molecule has 6 heteroatoms. The van der Waals surface area contributed by atoms with Crippen molar-refractivity contribution < 1.29 is 0 Å². The van der Waals surface area contributed by atoms with Gasteiger partial charge in [0.15, 0.2) is 0 Å². The Morgan fingerprint density at radius 3 is 2.47 bits per heavy atom. The molecule has 3 aromatic rings. The maximum Gasteiger partial charge on any atom is 0.100 e. The molecule has 0 aliphatic carbocycles. The fraction of sp³-hybridized carbons (Fsp3) is 0.462. The molecule has 0 saturated carbocycles. The number of piperazine rings is 1. The van der Waals surface area contributed by atoms with E-state index in [1.165, 1.54) is 20.5 Å². The van der Waals surface area contributed by atoms with Crippen LogP contribution in [0.2, 0.25) is 0 Å². The summed E-state index contributed by atoms with van der Waals surface area (Å²) in [5, 5.41) is 24.7. The second-order valence-electron chi connectivity index (χ2n) is 9.02. The van der Waals surface area contributed by atoms with Gasteiger partial charge >= 0.3 is 0 Å². The van der Waals surface area contributed by atoms with Crippen LogP contribution in [0.1, 0.15) is 42.7 Å². The van der Waals surface area contributed by atoms with Crippen LogP contribution in [0.25, 0.3) is 10.1 Å². The summed E-state index contributed by atoms with van der Waals surface area (Å²) in [4.78, 5) is 6.29. The molecular weight excluding hydrogens is 432 g/mol. The van der Waals surface area contributed by atoms with Gasteiger partial charge in [0.1, 0.15) is 6.07 Å². The second kappa shape index (κ2) is 10.1. The molecule has 0 spiro atoms. The minimum Gasteiger partial charge on any atom is -0.301 e. The van der Waals surface area contributed by atoms with E-state index in [9.17, 15) is 5.26 Å². The molecule has 0 bridgehead atoms. The largest absolute Gasteiger partial charge is 0.301 e. The first-order valence-corrected chi connectivity index (χ1v) is 13.1. The van der Waals surface area contributed by atoms with Crippen LogP contribution >= 0.6 is 22.7 Å². The SMILES string of the molecule is CC(C)C(C#N)(CCCN1CCN(Cc2cc(C#N)cs2)CC1)c1csc2ccccc12. The van der Waals surface area contributed by atoms with Crippen molar-refractivity contribution in [1.29, 1.82) is 10.5 Å². The first-order chi connectivity index (χ1) is 15.6. The Balaban J connectivity index is 1.33. The number of rotatable bonds is 8. The number of fused-ring (bicyclic) bond motifs is 1. The molecule has 1 atom stereocenters. The van der Waals surface area contributed by atoms with Crippen LogP contribution in [0.4, 0.5) is 0 Å². The van der Waals surface area contributed by atoms with E-state index in [0.717, 1.165) is 57.7 Å². The topological polar surface area (TPSA) is 54.1 Å². The van der Waals surface area contributed by atoms with E-state index in [-0.39, 0.29) is 5.92 Å². The van der Waals surface area contributed by atoms with E-state index in [1.54, 1.807) is 22.7 Å². The van der Waals surface area contributed by atoms with Crippen molar-refractivity contribution in [3.05, 3.63) is 57.1 Å². The highest BCUT2D eigenvalue weighted by Gasteiger charge is 2.37. The number of nitrogens with zero attached hydrogens (tertiary/aromatic N) is 4. The molecule has 0 N–H and O–H groups in total. The fourth-order valence-electron chi connectivity index (χ4n) is 4.80. The highest BCUT2D eigenvalue weighted by atomic mass is 32.1. The van der Waals surface area contributed by atoms with E-state index < -0.39 is 5.41 Å². The lowest BCUT2D eigenvalue weighted by Gasteiger charge is -2.36. The van der Waals surface area contributed by atoms with Gasteiger partial charge in [-0.15, -0.1) is 22.7 Å². The molecule has 4 rings (SSSR count). The third-order valence-corrected chi connectivity index (χ3v) is 8.70. The lowest BCUT2D eigenvalue weighted by Crippen LogP contribution is -2.46. The van der Waals surface area contributed by atoms with E-state index in [4.69, 9.17) is 5.26 Å². The lowest BCUT2D eigenvalue weighted by atomic mass is 9.70. The summed E-state index contributed by atoms with van der Waals surface area (Å²) in [6.45, 7) is 10.6. The molecule has 1 aromatic carbocycles. The van der Waals surface area contributed by atoms with Crippen LogP contribution in [0.15, 0.2) is 41.1 Å². The number of thiophene rings is 2. The maximum absolute atomic E-state index is 10.3. The van der Waals surface area contributed by atoms with Crippen molar-refractivity contribution in [2.75, 3.05) is 32.7 Å². The van der Waals surface area contributed by atoms with E-state index >= 15 is 0 Å². The first-order valence-electron chi connectivity index (χ1n) is 11.4. The summed E-state index contributed by atoms with van der Waals surface area (Å²) in [6.07, 6.45) is 1.93. The van der Waals surface area contributed by atoms with Crippen LogP contribution < -0.4 is 0 Å². The Bertz CT molecular complexity index is 1120. The highest BCUT2D eigenvalue weighted by molar-refractivity contribution is 7.17. The van der Waals surface area contributed by atoms with Gasteiger partial charge in [-0.2, -0.15) is 10.5 Å². The van der Waals surface area contributed by atoms with E-state index in [0.29, 0.717) is 0 Å². The third kappa shape index (κ3) is 4.75. The summed E-state index contributed by atoms with van der Waals surface area (Å²) in [6, 6.07) is 15.5. The Labute approximate surface area is 199 Å². The van der Waals surface area contributed by atoms with Crippen LogP contribution in [0.5, 0.6) is 0 Å². The highest BCUT2D eigenvalue weighted by Crippen LogP contribution is 2.42. The van der Waals surface area contributed by atoms with Crippen LogP contribution in [0.3, 0.4) is 0 Å². The Morgan fingerprint density at radius 1 is 1.03 bits per heavy atom. The number of hydrogen-bond acceptors (Lipinski definition) is 6. The molecule has 2 aromatic heterocycles. The van der Waals surface area contributed by atoms with Crippen LogP contribution in [0, 0.1) is 28.6 Å². The van der Waals surface area contributed by atoms with Gasteiger partial charge in [0.25, 0.3) is 0 Å². The van der Waals surface area contributed by atoms with Gasteiger partial charge < -0.3 is 4.90 Å². The average Bonchev–Trinajstić information content (AvgIpc) is 3.45. The van der Waals surface area contributed by atoms with Crippen molar-refractivity contribution in [3.8, 4) is 12.1 Å². The van der Waals surface area contributed by atoms with Gasteiger partial charge in [-0.05, 0) is 53.8 Å². The predicted molar refractivity (Wildman–Crippen MR) is 134 cm³/mol. The summed E-state index contributed by atoms with van der Waals surface area (Å²) >= 11 is 3.44. The average molecular weight is 463 g/mol. The van der Waals surface area contributed by atoms with Gasteiger partial charge in [0.2, 0.25) is 0 Å². The Kier molecular flexibility index (Phi) is 7.28. The van der Waals surface area contributed by atoms with Crippen molar-refractivity contribution in [1.82, 2.24) is 9.80 Å². The second-order valence-corrected chi connectivity index (χ2v) is 10.9. The van der Waals surface area contributed by atoms with Crippen molar-refractivity contribution in [2.24, 2.45) is 5.92 Å². The van der Waals surface area contributed by atoms with Gasteiger partial charge in [0, 0.05) is 47.7 Å². The zero-order chi connectivity index (χ0) is 22.6. The fourth-order valence-corrected chi connectivity index (χ4v) is 6.69. The van der Waals surface area contributed by atoms with Crippen molar-refractivity contribution in [2.45, 2.75) is 38.6 Å². The monoisotopic (exact) mass is 462 g/mol. The van der Waals surface area contributed by atoms with Crippen LogP contribution in [-0.2, 0) is 12.0 Å². The number of benzene rings is 1. The molecule has 1 aliphatic rings. The van der Waals surface area contributed by atoms with Crippen molar-refractivity contribution >= 4 is 32.8 Å². The van der Waals surface area contributed by atoms with E-state index in [2.05, 4.69) is 65.4 Å². The molecule has 0 radical (unpaired) electrons. The Hall–Kier alpha value is -2.22. The summed E-state index contributed by atoms with van der Waals surface area (Å²) < 4.78 is 1.27. The standard InChI is InChI=1S/C26H30N4S2/c1-20(2)26(19-28,24-18-32-25-7-4-3-6-23(24)25)8-5-9-29-10-12-30(13-11-29)16-22-14-21(15-27)17-31-22/h3-4,6-7,14,17-18,20H,5,8-13,16H2,1-2H3. The molecule has 32 heavy (non-hydrogen) atoms. The summed E-state index contributed by atoms with van der Waals surface area (Å²) in [7, 11) is 0. The summed E-state index contributed by atoms with van der Waals surface area (Å²) in [5.74, 6) is 0.270. The first kappa shape index (κ1) is 23.0. The Morgan fingerprint density at radius 2 is 1.78 bits per heavy atom. The molecule has 1 saturated heterocycles. The zero-order valence-corrected chi connectivity index (χ0v) is 20.5. The summed E-state index contributed by atoms with van der Waals surface area (Å²) in [5.41, 5.74) is 1.56. The molecule has 1 unspecified atom stereocenters. The normalized spacial score (nSPS) is 17.3. The van der Waals surface area contributed by atoms with Gasteiger partial charge in [0.05, 0.1) is 17.0 Å². The molecule has 4 nitrogen and oxygen atoms in total. The molecule has 3 heterocycles. The maximum atomic E-state index is 10.3. The van der Waals surface area contributed by atoms with Gasteiger partial charge in [-0.3, -0.25) is 4.90 Å². The number of nitriles is 2. The minimum atomic E-state index is -0.432. The minimum absolute atomic E-state index is 0.270. The van der Waals surface area contributed by atoms with Crippen LogP contribution in [-0.4, -0.2) is 42.5 Å². The van der Waals surface area contributed by atoms with Crippen molar-refractivity contribution in [3.63, 3.8) is 0 Å². The third-order valence-electron chi connectivity index (χ3n) is 6.82. The molecule has 1 fully saturated rings. The van der Waals surface area contributed by atoms with Gasteiger partial charge in [-0.1, -0.05) is 32.0 Å². The smallest absolute Gasteiger partial charge is 0.100 e. The predicted octanol–water partition coefficient (Wildman–Crippen LogP) is 5.85. The molecular formula is C26H30N4S2. The number of hydrogen-bond donors (Lipinski definition) is 0. The zero-order valence-electron chi connectivity index (χ0n) is 18.9.